The fourth-order valence-electron chi connectivity index (χ4n) is 3.15. The average Bonchev–Trinajstić information content (AvgIpc) is 2.74. The second-order valence-electron chi connectivity index (χ2n) is 6.18. The zero-order valence-electron chi connectivity index (χ0n) is 14.6. The van der Waals surface area contributed by atoms with Crippen LogP contribution in [0, 0.1) is 11.3 Å². The van der Waals surface area contributed by atoms with E-state index in [1.807, 2.05) is 48.5 Å². The number of hydrogen-bond donors (Lipinski definition) is 0. The summed E-state index contributed by atoms with van der Waals surface area (Å²) in [6.07, 6.45) is 1.71. The largest absolute Gasteiger partial charge is 0.378 e. The van der Waals surface area contributed by atoms with Crippen LogP contribution in [0.3, 0.4) is 0 Å². The first kappa shape index (κ1) is 17.5. The maximum Gasteiger partial charge on any atom is 0.109 e. The molecule has 0 amide bonds. The van der Waals surface area contributed by atoms with Gasteiger partial charge in [-0.05, 0) is 30.3 Å². The van der Waals surface area contributed by atoms with Crippen molar-refractivity contribution in [2.75, 3.05) is 31.2 Å². The summed E-state index contributed by atoms with van der Waals surface area (Å²) in [4.78, 5) is 11.4. The number of nitrogens with zero attached hydrogens (tertiary/aromatic N) is 4. The third-order valence-corrected chi connectivity index (χ3v) is 4.76. The molecule has 1 saturated heterocycles. The number of benzene rings is 1. The summed E-state index contributed by atoms with van der Waals surface area (Å²) in [6, 6.07) is 17.5. The topological polar surface area (TPSA) is 62.0 Å². The number of pyridine rings is 2. The van der Waals surface area contributed by atoms with Crippen molar-refractivity contribution in [2.45, 2.75) is 0 Å². The number of nitriles is 1. The lowest BCUT2D eigenvalue weighted by Gasteiger charge is -2.30. The summed E-state index contributed by atoms with van der Waals surface area (Å²) in [5.41, 5.74) is 4.39. The van der Waals surface area contributed by atoms with E-state index in [1.165, 1.54) is 0 Å². The SMILES string of the molecule is N#Cc1c(N2CCOCC2)cc(-c2ccc(Cl)cc2)nc1-c1ccccn1. The summed E-state index contributed by atoms with van der Waals surface area (Å²) in [6.45, 7) is 2.76. The zero-order chi connectivity index (χ0) is 18.6. The van der Waals surface area contributed by atoms with Crippen molar-refractivity contribution >= 4 is 17.3 Å². The maximum absolute atomic E-state index is 9.90. The minimum Gasteiger partial charge on any atom is -0.378 e. The van der Waals surface area contributed by atoms with Gasteiger partial charge in [-0.1, -0.05) is 29.8 Å². The van der Waals surface area contributed by atoms with Crippen LogP contribution in [-0.4, -0.2) is 36.3 Å². The van der Waals surface area contributed by atoms with Crippen molar-refractivity contribution in [3.63, 3.8) is 0 Å². The number of halogens is 1. The van der Waals surface area contributed by atoms with Gasteiger partial charge in [0.25, 0.3) is 0 Å². The zero-order valence-corrected chi connectivity index (χ0v) is 15.4. The number of rotatable bonds is 3. The van der Waals surface area contributed by atoms with Gasteiger partial charge in [-0.3, -0.25) is 4.98 Å². The smallest absolute Gasteiger partial charge is 0.109 e. The van der Waals surface area contributed by atoms with Crippen LogP contribution < -0.4 is 4.90 Å². The van der Waals surface area contributed by atoms with Gasteiger partial charge in [-0.25, -0.2) is 4.98 Å². The Morgan fingerprint density at radius 2 is 1.81 bits per heavy atom. The first-order valence-corrected chi connectivity index (χ1v) is 9.09. The molecule has 1 fully saturated rings. The molecule has 0 saturated carbocycles. The Labute approximate surface area is 162 Å². The molecular weight excluding hydrogens is 360 g/mol. The molecule has 4 rings (SSSR count). The molecule has 27 heavy (non-hydrogen) atoms. The molecule has 0 bridgehead atoms. The average molecular weight is 377 g/mol. The first-order chi connectivity index (χ1) is 13.3. The first-order valence-electron chi connectivity index (χ1n) is 8.71. The van der Waals surface area contributed by atoms with E-state index in [2.05, 4.69) is 16.0 Å². The van der Waals surface area contributed by atoms with Gasteiger partial charge in [0, 0.05) is 29.9 Å². The highest BCUT2D eigenvalue weighted by molar-refractivity contribution is 6.30. The molecule has 2 aromatic heterocycles. The van der Waals surface area contributed by atoms with Crippen LogP contribution in [0.2, 0.25) is 5.02 Å². The standard InChI is InChI=1S/C21H17ClN4O/c22-16-6-4-15(5-7-16)19-13-20(26-9-11-27-12-10-26)17(14-23)21(25-19)18-3-1-2-8-24-18/h1-8,13H,9-12H2. The summed E-state index contributed by atoms with van der Waals surface area (Å²) in [5.74, 6) is 0. The number of ether oxygens (including phenoxy) is 1. The number of aromatic nitrogens is 2. The molecule has 0 aliphatic carbocycles. The van der Waals surface area contributed by atoms with E-state index in [0.29, 0.717) is 35.2 Å². The Morgan fingerprint density at radius 1 is 1.04 bits per heavy atom. The molecule has 3 heterocycles. The van der Waals surface area contributed by atoms with E-state index >= 15 is 0 Å². The molecular formula is C21H17ClN4O. The fourth-order valence-corrected chi connectivity index (χ4v) is 3.28. The van der Waals surface area contributed by atoms with Crippen LogP contribution in [0.25, 0.3) is 22.6 Å². The van der Waals surface area contributed by atoms with E-state index in [9.17, 15) is 5.26 Å². The van der Waals surface area contributed by atoms with Crippen LogP contribution in [0.15, 0.2) is 54.7 Å². The van der Waals surface area contributed by atoms with Crippen molar-refractivity contribution < 1.29 is 4.74 Å². The quantitative estimate of drug-likeness (QED) is 0.686. The molecule has 0 atom stereocenters. The highest BCUT2D eigenvalue weighted by Gasteiger charge is 2.21. The molecule has 6 heteroatoms. The lowest BCUT2D eigenvalue weighted by atomic mass is 10.0. The predicted octanol–water partition coefficient (Wildman–Crippen LogP) is 4.17. The summed E-state index contributed by atoms with van der Waals surface area (Å²) in [7, 11) is 0. The fraction of sp³-hybridized carbons (Fsp3) is 0.190. The van der Waals surface area contributed by atoms with Crippen LogP contribution in [-0.2, 0) is 4.74 Å². The van der Waals surface area contributed by atoms with Gasteiger partial charge >= 0.3 is 0 Å². The van der Waals surface area contributed by atoms with Crippen LogP contribution in [0.1, 0.15) is 5.56 Å². The van der Waals surface area contributed by atoms with Crippen LogP contribution in [0.5, 0.6) is 0 Å². The lowest BCUT2D eigenvalue weighted by molar-refractivity contribution is 0.122. The predicted molar refractivity (Wildman–Crippen MR) is 106 cm³/mol. The number of morpholine rings is 1. The van der Waals surface area contributed by atoms with E-state index in [4.69, 9.17) is 21.3 Å². The molecule has 1 aromatic carbocycles. The third-order valence-electron chi connectivity index (χ3n) is 4.51. The summed E-state index contributed by atoms with van der Waals surface area (Å²) >= 11 is 6.03. The number of hydrogen-bond acceptors (Lipinski definition) is 5. The van der Waals surface area contributed by atoms with Crippen molar-refractivity contribution in [1.82, 2.24) is 9.97 Å². The summed E-state index contributed by atoms with van der Waals surface area (Å²) in [5, 5.41) is 10.6. The maximum atomic E-state index is 9.90. The van der Waals surface area contributed by atoms with Crippen molar-refractivity contribution in [2.24, 2.45) is 0 Å². The van der Waals surface area contributed by atoms with Crippen molar-refractivity contribution in [3.05, 3.63) is 65.3 Å². The Kier molecular flexibility index (Phi) is 5.01. The monoisotopic (exact) mass is 376 g/mol. The van der Waals surface area contributed by atoms with Gasteiger partial charge < -0.3 is 9.64 Å². The van der Waals surface area contributed by atoms with E-state index < -0.39 is 0 Å². The van der Waals surface area contributed by atoms with Gasteiger partial charge in [-0.15, -0.1) is 0 Å². The van der Waals surface area contributed by atoms with E-state index in [1.54, 1.807) is 6.20 Å². The highest BCUT2D eigenvalue weighted by Crippen LogP contribution is 2.33. The van der Waals surface area contributed by atoms with Crippen molar-refractivity contribution in [3.8, 4) is 28.7 Å². The van der Waals surface area contributed by atoms with Crippen LogP contribution >= 0.6 is 11.6 Å². The normalized spacial score (nSPS) is 14.0. The Bertz CT molecular complexity index is 978. The Morgan fingerprint density at radius 3 is 2.48 bits per heavy atom. The molecule has 0 radical (unpaired) electrons. The summed E-state index contributed by atoms with van der Waals surface area (Å²) < 4.78 is 5.47. The molecule has 0 unspecified atom stereocenters. The second kappa shape index (κ2) is 7.75. The molecule has 1 aliphatic rings. The molecule has 0 spiro atoms. The molecule has 0 N–H and O–H groups in total. The molecule has 1 aliphatic heterocycles. The van der Waals surface area contributed by atoms with E-state index in [-0.39, 0.29) is 0 Å². The van der Waals surface area contributed by atoms with Crippen LogP contribution in [0.4, 0.5) is 5.69 Å². The van der Waals surface area contributed by atoms with E-state index in [0.717, 1.165) is 30.0 Å². The molecule has 5 nitrogen and oxygen atoms in total. The van der Waals surface area contributed by atoms with Gasteiger partial charge in [0.2, 0.25) is 0 Å². The third kappa shape index (κ3) is 3.63. The molecule has 134 valence electrons. The highest BCUT2D eigenvalue weighted by atomic mass is 35.5. The lowest BCUT2D eigenvalue weighted by Crippen LogP contribution is -2.36. The van der Waals surface area contributed by atoms with Gasteiger partial charge in [-0.2, -0.15) is 5.26 Å². The minimum absolute atomic E-state index is 0.535. The number of anilines is 1. The Hall–Kier alpha value is -2.94. The van der Waals surface area contributed by atoms with Crippen molar-refractivity contribution in [1.29, 1.82) is 5.26 Å². The van der Waals surface area contributed by atoms with Gasteiger partial charge in [0.05, 0.1) is 30.3 Å². The Balaban J connectivity index is 1.92. The van der Waals surface area contributed by atoms with Gasteiger partial charge in [0.1, 0.15) is 17.3 Å². The molecule has 3 aromatic rings. The second-order valence-corrected chi connectivity index (χ2v) is 6.62. The van der Waals surface area contributed by atoms with Gasteiger partial charge in [0.15, 0.2) is 0 Å². The minimum atomic E-state index is 0.535.